The zero-order chi connectivity index (χ0) is 13.9. The van der Waals surface area contributed by atoms with Gasteiger partial charge in [-0.25, -0.2) is 0 Å². The van der Waals surface area contributed by atoms with Crippen LogP contribution in [0.3, 0.4) is 0 Å². The minimum absolute atomic E-state index is 0.0844. The van der Waals surface area contributed by atoms with Crippen LogP contribution < -0.4 is 16.8 Å². The highest BCUT2D eigenvalue weighted by Gasteiger charge is 2.17. The second-order valence-corrected chi connectivity index (χ2v) is 4.23. The Morgan fingerprint density at radius 3 is 2.44 bits per heavy atom. The lowest BCUT2D eigenvalue weighted by atomic mass is 10.1. The van der Waals surface area contributed by atoms with Gasteiger partial charge in [0.2, 0.25) is 5.91 Å². The molecule has 1 unspecified atom stereocenters. The van der Waals surface area contributed by atoms with Crippen LogP contribution in [0.4, 0.5) is 11.4 Å². The predicted octanol–water partition coefficient (Wildman–Crippen LogP) is 0.256. The third-order valence-corrected chi connectivity index (χ3v) is 2.55. The Bertz CT molecular complexity index is 471. The van der Waals surface area contributed by atoms with Crippen LogP contribution in [0.15, 0.2) is 18.2 Å². The largest absolute Gasteiger partial charge is 0.396 e. The van der Waals surface area contributed by atoms with E-state index in [-0.39, 0.29) is 17.2 Å². The zero-order valence-electron chi connectivity index (χ0n) is 10.7. The monoisotopic (exact) mass is 250 g/mol. The van der Waals surface area contributed by atoms with Gasteiger partial charge < -0.3 is 21.7 Å². The van der Waals surface area contributed by atoms with E-state index in [9.17, 15) is 9.59 Å². The van der Waals surface area contributed by atoms with E-state index in [0.717, 1.165) is 0 Å². The van der Waals surface area contributed by atoms with Crippen molar-refractivity contribution in [3.05, 3.63) is 23.8 Å². The number of anilines is 2. The summed E-state index contributed by atoms with van der Waals surface area (Å²) in [6.45, 7) is 1.72. The highest BCUT2D eigenvalue weighted by atomic mass is 16.2. The molecule has 0 saturated carbocycles. The molecule has 1 aromatic carbocycles. The zero-order valence-corrected chi connectivity index (χ0v) is 10.7. The minimum atomic E-state index is -0.595. The molecule has 6 nitrogen and oxygen atoms in total. The van der Waals surface area contributed by atoms with Crippen molar-refractivity contribution in [1.29, 1.82) is 0 Å². The summed E-state index contributed by atoms with van der Waals surface area (Å²) in [7, 11) is 3.34. The number of carbonyl (C=O) groups is 2. The van der Waals surface area contributed by atoms with Gasteiger partial charge >= 0.3 is 0 Å². The lowest BCUT2D eigenvalue weighted by molar-refractivity contribution is -0.129. The smallest absolute Gasteiger partial charge is 0.250 e. The van der Waals surface area contributed by atoms with E-state index in [4.69, 9.17) is 11.5 Å². The van der Waals surface area contributed by atoms with Crippen molar-refractivity contribution >= 4 is 23.2 Å². The Morgan fingerprint density at radius 1 is 1.33 bits per heavy atom. The first-order chi connectivity index (χ1) is 8.34. The van der Waals surface area contributed by atoms with Crippen molar-refractivity contribution in [2.24, 2.45) is 5.73 Å². The molecule has 2 amide bonds. The number of nitrogen functional groups attached to an aromatic ring is 1. The van der Waals surface area contributed by atoms with E-state index in [0.29, 0.717) is 5.69 Å². The van der Waals surface area contributed by atoms with Crippen LogP contribution >= 0.6 is 0 Å². The Morgan fingerprint density at radius 2 is 1.94 bits per heavy atom. The number of primary amides is 1. The van der Waals surface area contributed by atoms with Crippen LogP contribution in [-0.4, -0.2) is 36.9 Å². The fourth-order valence-corrected chi connectivity index (χ4v) is 1.59. The van der Waals surface area contributed by atoms with Gasteiger partial charge in [0.25, 0.3) is 5.91 Å². The van der Waals surface area contributed by atoms with Gasteiger partial charge in [-0.1, -0.05) is 6.07 Å². The van der Waals surface area contributed by atoms with Crippen LogP contribution in [-0.2, 0) is 4.79 Å². The molecule has 0 spiro atoms. The Hall–Kier alpha value is -2.24. The molecule has 18 heavy (non-hydrogen) atoms. The van der Waals surface area contributed by atoms with Crippen molar-refractivity contribution < 1.29 is 9.59 Å². The van der Waals surface area contributed by atoms with E-state index in [1.165, 1.54) is 4.90 Å². The van der Waals surface area contributed by atoms with Crippen LogP contribution in [0.5, 0.6) is 0 Å². The number of nitrogens with one attached hydrogen (secondary N) is 1. The van der Waals surface area contributed by atoms with Gasteiger partial charge in [-0.2, -0.15) is 0 Å². The fraction of sp³-hybridized carbons (Fsp3) is 0.333. The number of likely N-dealkylation sites (N-methyl/N-ethyl adjacent to an activating group) is 1. The molecule has 0 aliphatic carbocycles. The third-order valence-electron chi connectivity index (χ3n) is 2.55. The summed E-state index contributed by atoms with van der Waals surface area (Å²) >= 11 is 0. The highest BCUT2D eigenvalue weighted by molar-refractivity contribution is 6.01. The molecule has 0 heterocycles. The van der Waals surface area contributed by atoms with Crippen LogP contribution in [0.1, 0.15) is 17.3 Å². The molecule has 0 aromatic heterocycles. The predicted molar refractivity (Wildman–Crippen MR) is 71.2 cm³/mol. The molecule has 0 aliphatic heterocycles. The summed E-state index contributed by atoms with van der Waals surface area (Å²) < 4.78 is 0. The summed E-state index contributed by atoms with van der Waals surface area (Å²) in [6, 6.07) is 4.46. The van der Waals surface area contributed by atoms with Gasteiger partial charge in [-0.05, 0) is 19.1 Å². The van der Waals surface area contributed by atoms with E-state index in [1.807, 2.05) is 0 Å². The van der Waals surface area contributed by atoms with E-state index < -0.39 is 11.9 Å². The van der Waals surface area contributed by atoms with Gasteiger partial charge in [0.05, 0.1) is 16.9 Å². The van der Waals surface area contributed by atoms with E-state index in [2.05, 4.69) is 5.32 Å². The van der Waals surface area contributed by atoms with Gasteiger partial charge in [0, 0.05) is 14.1 Å². The number of hydrogen-bond donors (Lipinski definition) is 3. The van der Waals surface area contributed by atoms with Gasteiger partial charge in [-0.3, -0.25) is 9.59 Å². The minimum Gasteiger partial charge on any atom is -0.396 e. The molecule has 0 aliphatic rings. The molecule has 5 N–H and O–H groups in total. The lowest BCUT2D eigenvalue weighted by Crippen LogP contribution is -2.36. The fourth-order valence-electron chi connectivity index (χ4n) is 1.59. The van der Waals surface area contributed by atoms with E-state index in [1.54, 1.807) is 39.2 Å². The van der Waals surface area contributed by atoms with Crippen molar-refractivity contribution in [1.82, 2.24) is 4.90 Å². The Balaban J connectivity index is 2.95. The van der Waals surface area contributed by atoms with Crippen molar-refractivity contribution in [3.63, 3.8) is 0 Å². The average molecular weight is 250 g/mol. The van der Waals surface area contributed by atoms with Crippen molar-refractivity contribution in [2.75, 3.05) is 25.1 Å². The van der Waals surface area contributed by atoms with Crippen molar-refractivity contribution in [2.45, 2.75) is 13.0 Å². The number of nitrogens with two attached hydrogens (primary N) is 2. The van der Waals surface area contributed by atoms with Gasteiger partial charge in [0.15, 0.2) is 0 Å². The summed E-state index contributed by atoms with van der Waals surface area (Å²) in [6.07, 6.45) is 0. The SMILES string of the molecule is CC(Nc1cccc(C(N)=O)c1N)C(=O)N(C)C. The second kappa shape index (κ2) is 5.39. The van der Waals surface area contributed by atoms with Gasteiger partial charge in [0.1, 0.15) is 6.04 Å². The number of rotatable bonds is 4. The molecule has 0 fully saturated rings. The first kappa shape index (κ1) is 13.8. The van der Waals surface area contributed by atoms with Crippen molar-refractivity contribution in [3.8, 4) is 0 Å². The Kier molecular flexibility index (Phi) is 4.14. The van der Waals surface area contributed by atoms with E-state index >= 15 is 0 Å². The Labute approximate surface area is 106 Å². The number of benzene rings is 1. The first-order valence-electron chi connectivity index (χ1n) is 5.50. The van der Waals surface area contributed by atoms with Gasteiger partial charge in [-0.15, -0.1) is 0 Å². The normalized spacial score (nSPS) is 11.7. The summed E-state index contributed by atoms with van der Waals surface area (Å²) in [5, 5.41) is 2.96. The number of amides is 2. The maximum Gasteiger partial charge on any atom is 0.250 e. The number of nitrogens with zero attached hydrogens (tertiary/aromatic N) is 1. The molecule has 1 aromatic rings. The third kappa shape index (κ3) is 2.91. The standard InChI is InChI=1S/C12H18N4O2/c1-7(12(18)16(2)3)15-9-6-4-5-8(10(9)13)11(14)17/h4-7,15H,13H2,1-3H3,(H2,14,17). The summed E-state index contributed by atoms with van der Waals surface area (Å²) in [4.78, 5) is 24.3. The highest BCUT2D eigenvalue weighted by Crippen LogP contribution is 2.23. The van der Waals surface area contributed by atoms with Crippen LogP contribution in [0, 0.1) is 0 Å². The number of hydrogen-bond acceptors (Lipinski definition) is 4. The summed E-state index contributed by atoms with van der Waals surface area (Å²) in [5.41, 5.74) is 12.0. The average Bonchev–Trinajstić information content (AvgIpc) is 2.30. The first-order valence-corrected chi connectivity index (χ1v) is 5.50. The molecule has 0 radical (unpaired) electrons. The molecular formula is C12H18N4O2. The number of carbonyl (C=O) groups excluding carboxylic acids is 2. The lowest BCUT2D eigenvalue weighted by Gasteiger charge is -2.20. The molecule has 6 heteroatoms. The quantitative estimate of drug-likeness (QED) is 0.667. The molecular weight excluding hydrogens is 232 g/mol. The second-order valence-electron chi connectivity index (χ2n) is 4.23. The number of para-hydroxylation sites is 1. The van der Waals surface area contributed by atoms with Crippen LogP contribution in [0.2, 0.25) is 0 Å². The topological polar surface area (TPSA) is 101 Å². The molecule has 1 atom stereocenters. The maximum absolute atomic E-state index is 11.7. The van der Waals surface area contributed by atoms with Crippen LogP contribution in [0.25, 0.3) is 0 Å². The maximum atomic E-state index is 11.7. The molecule has 0 saturated heterocycles. The molecule has 1 rings (SSSR count). The summed E-state index contributed by atoms with van der Waals surface area (Å²) in [5.74, 6) is -0.679. The molecule has 98 valence electrons. The molecule has 0 bridgehead atoms.